The third-order valence-electron chi connectivity index (χ3n) is 3.92. The molecule has 2 N–H and O–H groups in total. The first-order valence-corrected chi connectivity index (χ1v) is 9.03. The molecule has 0 saturated heterocycles. The molecule has 2 aromatic carbocycles. The molecule has 0 aliphatic carbocycles. The van der Waals surface area contributed by atoms with Gasteiger partial charge in [-0.2, -0.15) is 5.26 Å². The number of benzene rings is 2. The summed E-state index contributed by atoms with van der Waals surface area (Å²) in [6, 6.07) is 15.2. The average molecular weight is 365 g/mol. The van der Waals surface area contributed by atoms with Crippen LogP contribution in [-0.4, -0.2) is 34.0 Å². The van der Waals surface area contributed by atoms with E-state index in [1.54, 1.807) is 0 Å². The maximum absolute atomic E-state index is 10.4. The van der Waals surface area contributed by atoms with E-state index < -0.39 is 0 Å². The number of aromatic amines is 1. The number of allylic oxidation sites excluding steroid dienone is 1. The van der Waals surface area contributed by atoms with Crippen LogP contribution in [0.3, 0.4) is 0 Å². The van der Waals surface area contributed by atoms with E-state index in [1.807, 2.05) is 48.5 Å². The van der Waals surface area contributed by atoms with Crippen LogP contribution in [-0.2, 0) is 0 Å². The highest BCUT2D eigenvalue weighted by molar-refractivity contribution is 7.99. The van der Waals surface area contributed by atoms with Crippen LogP contribution in [0.4, 0.5) is 0 Å². The van der Waals surface area contributed by atoms with Crippen LogP contribution in [0.2, 0.25) is 0 Å². The molecule has 0 spiro atoms. The summed E-state index contributed by atoms with van der Waals surface area (Å²) in [4.78, 5) is 8.36. The van der Waals surface area contributed by atoms with E-state index in [9.17, 15) is 10.4 Å². The van der Waals surface area contributed by atoms with Gasteiger partial charge < -0.3 is 19.6 Å². The number of hydrogen-bond donors (Lipinski definition) is 2. The number of thioether (sulfide) groups is 1. The van der Waals surface area contributed by atoms with Crippen molar-refractivity contribution in [1.82, 2.24) is 9.97 Å². The van der Waals surface area contributed by atoms with Crippen molar-refractivity contribution in [3.05, 3.63) is 54.0 Å². The number of fused-ring (bicyclic) bond motifs is 2. The second-order valence-corrected chi connectivity index (χ2v) is 6.68. The van der Waals surface area contributed by atoms with E-state index in [1.165, 1.54) is 11.8 Å². The Morgan fingerprint density at radius 2 is 2.00 bits per heavy atom. The molecule has 4 rings (SSSR count). The van der Waals surface area contributed by atoms with Gasteiger partial charge in [-0.25, -0.2) is 4.98 Å². The highest BCUT2D eigenvalue weighted by atomic mass is 32.2. The highest BCUT2D eigenvalue weighted by Crippen LogP contribution is 2.35. The zero-order chi connectivity index (χ0) is 17.9. The van der Waals surface area contributed by atoms with Gasteiger partial charge in [0.1, 0.15) is 30.6 Å². The van der Waals surface area contributed by atoms with E-state index in [4.69, 9.17) is 9.47 Å². The summed E-state index contributed by atoms with van der Waals surface area (Å²) in [5, 5.41) is 19.9. The Bertz CT molecular complexity index is 1000. The molecule has 1 aliphatic rings. The topological polar surface area (TPSA) is 91.2 Å². The molecule has 0 unspecified atom stereocenters. The predicted octanol–water partition coefficient (Wildman–Crippen LogP) is 3.92. The van der Waals surface area contributed by atoms with E-state index in [-0.39, 0.29) is 17.1 Å². The van der Waals surface area contributed by atoms with Crippen LogP contribution >= 0.6 is 11.8 Å². The second-order valence-electron chi connectivity index (χ2n) is 5.63. The molecular weight excluding hydrogens is 350 g/mol. The number of ether oxygens (including phenoxy) is 2. The normalized spacial score (nSPS) is 14.0. The zero-order valence-corrected chi connectivity index (χ0v) is 14.5. The van der Waals surface area contributed by atoms with E-state index in [0.717, 1.165) is 21.7 Å². The smallest absolute Gasteiger partial charge is 0.162 e. The first kappa shape index (κ1) is 16.4. The lowest BCUT2D eigenvalue weighted by Crippen LogP contribution is -2.15. The summed E-state index contributed by atoms with van der Waals surface area (Å²) in [7, 11) is 0. The Morgan fingerprint density at radius 3 is 2.81 bits per heavy atom. The van der Waals surface area contributed by atoms with Crippen molar-refractivity contribution in [3.63, 3.8) is 0 Å². The third kappa shape index (κ3) is 3.19. The lowest BCUT2D eigenvalue weighted by Gasteiger charge is -2.18. The molecule has 3 aromatic rings. The largest absolute Gasteiger partial charge is 0.510 e. The molecule has 0 saturated carbocycles. The van der Waals surface area contributed by atoms with Gasteiger partial charge in [0.05, 0.1) is 16.8 Å². The number of imidazole rings is 1. The molecule has 1 aliphatic heterocycles. The van der Waals surface area contributed by atoms with Gasteiger partial charge in [-0.05, 0) is 30.3 Å². The van der Waals surface area contributed by atoms with Crippen LogP contribution in [0.1, 0.15) is 5.82 Å². The fraction of sp³-hybridized carbons (Fsp3) is 0.158. The number of para-hydroxylation sites is 2. The van der Waals surface area contributed by atoms with Crippen LogP contribution in [0.25, 0.3) is 16.6 Å². The van der Waals surface area contributed by atoms with Crippen LogP contribution < -0.4 is 9.47 Å². The van der Waals surface area contributed by atoms with Crippen molar-refractivity contribution in [2.75, 3.05) is 19.0 Å². The number of rotatable bonds is 4. The van der Waals surface area contributed by atoms with E-state index in [0.29, 0.717) is 24.8 Å². The van der Waals surface area contributed by atoms with Crippen LogP contribution in [0.15, 0.2) is 53.1 Å². The number of nitriles is 1. The highest BCUT2D eigenvalue weighted by Gasteiger charge is 2.15. The first-order valence-electron chi connectivity index (χ1n) is 8.04. The minimum absolute atomic E-state index is 0.0218. The molecule has 2 heterocycles. The number of aromatic nitrogens is 2. The van der Waals surface area contributed by atoms with Crippen LogP contribution in [0.5, 0.6) is 11.5 Å². The van der Waals surface area contributed by atoms with Gasteiger partial charge in [0.25, 0.3) is 0 Å². The van der Waals surface area contributed by atoms with Gasteiger partial charge in [-0.1, -0.05) is 12.1 Å². The molecule has 0 fully saturated rings. The minimum atomic E-state index is -0.0218. The maximum atomic E-state index is 10.4. The van der Waals surface area contributed by atoms with Crippen molar-refractivity contribution in [2.24, 2.45) is 0 Å². The first-order chi connectivity index (χ1) is 12.7. The van der Waals surface area contributed by atoms with Crippen molar-refractivity contribution in [3.8, 4) is 17.6 Å². The Hall–Kier alpha value is -3.11. The lowest BCUT2D eigenvalue weighted by atomic mass is 10.2. The van der Waals surface area contributed by atoms with Gasteiger partial charge in [0.15, 0.2) is 17.3 Å². The van der Waals surface area contributed by atoms with Gasteiger partial charge in [0, 0.05) is 4.90 Å². The van der Waals surface area contributed by atoms with Gasteiger partial charge >= 0.3 is 0 Å². The minimum Gasteiger partial charge on any atom is -0.510 e. The number of hydrogen-bond acceptors (Lipinski definition) is 6. The SMILES string of the molecule is N#CC(=C(O)CSc1ccc2c(c1)OCCO2)c1nc2ccccc2[nH]1. The molecule has 1 aromatic heterocycles. The Balaban J connectivity index is 1.55. The summed E-state index contributed by atoms with van der Waals surface area (Å²) in [5.74, 6) is 2.02. The van der Waals surface area contributed by atoms with Crippen molar-refractivity contribution >= 4 is 28.4 Å². The van der Waals surface area contributed by atoms with Gasteiger partial charge in [-0.15, -0.1) is 11.8 Å². The van der Waals surface area contributed by atoms with Crippen LogP contribution in [0, 0.1) is 11.3 Å². The molecule has 0 radical (unpaired) electrons. The molecule has 0 atom stereocenters. The van der Waals surface area contributed by atoms with Gasteiger partial charge in [-0.3, -0.25) is 0 Å². The molecule has 0 bridgehead atoms. The lowest BCUT2D eigenvalue weighted by molar-refractivity contribution is 0.171. The van der Waals surface area contributed by atoms with E-state index in [2.05, 4.69) is 9.97 Å². The summed E-state index contributed by atoms with van der Waals surface area (Å²) in [6.45, 7) is 1.07. The molecule has 7 heteroatoms. The summed E-state index contributed by atoms with van der Waals surface area (Å²) >= 11 is 1.41. The molecular formula is C19H15N3O3S. The molecule has 6 nitrogen and oxygen atoms in total. The number of H-pyrrole nitrogens is 1. The molecule has 0 amide bonds. The maximum Gasteiger partial charge on any atom is 0.162 e. The number of aliphatic hydroxyl groups excluding tert-OH is 1. The summed E-state index contributed by atoms with van der Waals surface area (Å²) in [5.41, 5.74) is 1.72. The Morgan fingerprint density at radius 1 is 1.19 bits per heavy atom. The number of nitrogens with one attached hydrogen (secondary N) is 1. The molecule has 130 valence electrons. The van der Waals surface area contributed by atoms with Crippen molar-refractivity contribution < 1.29 is 14.6 Å². The number of aliphatic hydroxyl groups is 1. The van der Waals surface area contributed by atoms with Gasteiger partial charge in [0.2, 0.25) is 0 Å². The average Bonchev–Trinajstić information content (AvgIpc) is 3.10. The fourth-order valence-electron chi connectivity index (χ4n) is 2.66. The summed E-state index contributed by atoms with van der Waals surface area (Å²) < 4.78 is 11.1. The van der Waals surface area contributed by atoms with Crippen molar-refractivity contribution in [2.45, 2.75) is 4.90 Å². The third-order valence-corrected chi connectivity index (χ3v) is 4.92. The summed E-state index contributed by atoms with van der Waals surface area (Å²) in [6.07, 6.45) is 0. The molecule has 26 heavy (non-hydrogen) atoms. The Kier molecular flexibility index (Phi) is 4.42. The van der Waals surface area contributed by atoms with E-state index >= 15 is 0 Å². The monoisotopic (exact) mass is 365 g/mol. The quantitative estimate of drug-likeness (QED) is 0.414. The van der Waals surface area contributed by atoms with Crippen molar-refractivity contribution in [1.29, 1.82) is 5.26 Å². The second kappa shape index (κ2) is 7.02. The standard InChI is InChI=1S/C19H15N3O3S/c20-10-13(19-21-14-3-1-2-4-15(14)22-19)16(23)11-26-12-5-6-17-18(9-12)25-8-7-24-17/h1-6,9,23H,7-8,11H2,(H,21,22). The fourth-order valence-corrected chi connectivity index (χ4v) is 3.47. The Labute approximate surface area is 154 Å². The number of nitrogens with zero attached hydrogens (tertiary/aromatic N) is 2. The predicted molar refractivity (Wildman–Crippen MR) is 99.4 cm³/mol. The zero-order valence-electron chi connectivity index (χ0n) is 13.7.